The van der Waals surface area contributed by atoms with Crippen LogP contribution in [-0.4, -0.2) is 47.8 Å². The predicted molar refractivity (Wildman–Crippen MR) is 108 cm³/mol. The van der Waals surface area contributed by atoms with Crippen molar-refractivity contribution in [2.45, 2.75) is 31.5 Å². The molecule has 0 radical (unpaired) electrons. The molecule has 1 atom stereocenters. The van der Waals surface area contributed by atoms with Crippen molar-refractivity contribution >= 4 is 23.6 Å². The van der Waals surface area contributed by atoms with E-state index in [1.165, 1.54) is 0 Å². The van der Waals surface area contributed by atoms with Crippen LogP contribution in [0.1, 0.15) is 23.9 Å². The molecular formula is C19H13F9N8O. The zero-order valence-corrected chi connectivity index (χ0v) is 18.1. The summed E-state index contributed by atoms with van der Waals surface area (Å²) in [6.07, 6.45) is -11.3. The number of hydrogen-bond donors (Lipinski definition) is 2. The summed E-state index contributed by atoms with van der Waals surface area (Å²) < 4.78 is 117. The Hall–Kier alpha value is -4.25. The zero-order valence-electron chi connectivity index (χ0n) is 18.1. The second kappa shape index (κ2) is 9.66. The Labute approximate surface area is 200 Å². The Balaban J connectivity index is 1.95. The first-order valence-electron chi connectivity index (χ1n) is 9.70. The number of nitrogens with one attached hydrogen (secondary N) is 1. The summed E-state index contributed by atoms with van der Waals surface area (Å²) >= 11 is 0. The average Bonchev–Trinajstić information content (AvgIpc) is 3.24. The first kappa shape index (κ1) is 27.3. The highest BCUT2D eigenvalue weighted by Crippen LogP contribution is 2.35. The number of hydrogen-bond acceptors (Lipinski definition) is 7. The van der Waals surface area contributed by atoms with Gasteiger partial charge in [-0.15, -0.1) is 5.10 Å². The Kier molecular flexibility index (Phi) is 7.14. The van der Waals surface area contributed by atoms with Gasteiger partial charge in [-0.05, 0) is 19.1 Å². The number of aromatic nitrogens is 6. The lowest BCUT2D eigenvalue weighted by Crippen LogP contribution is -2.33. The first-order chi connectivity index (χ1) is 16.9. The van der Waals surface area contributed by atoms with Crippen molar-refractivity contribution in [3.63, 3.8) is 0 Å². The van der Waals surface area contributed by atoms with E-state index in [9.17, 15) is 44.3 Å². The van der Waals surface area contributed by atoms with Crippen LogP contribution >= 0.6 is 0 Å². The van der Waals surface area contributed by atoms with Gasteiger partial charge in [0.1, 0.15) is 23.8 Å². The Morgan fingerprint density at radius 2 is 1.51 bits per heavy atom. The third-order valence-electron chi connectivity index (χ3n) is 4.50. The van der Waals surface area contributed by atoms with Crippen LogP contribution in [0.25, 0.3) is 23.2 Å². The smallest absolute Gasteiger partial charge is 0.366 e. The van der Waals surface area contributed by atoms with E-state index in [1.807, 2.05) is 5.32 Å². The highest BCUT2D eigenvalue weighted by molar-refractivity contribution is 6.22. The minimum Gasteiger partial charge on any atom is -0.366 e. The molecule has 0 aliphatic heterocycles. The van der Waals surface area contributed by atoms with Crippen molar-refractivity contribution in [3.05, 3.63) is 47.8 Å². The zero-order chi connectivity index (χ0) is 27.8. The summed E-state index contributed by atoms with van der Waals surface area (Å²) in [4.78, 5) is 25.5. The lowest BCUT2D eigenvalue weighted by atomic mass is 10.1. The molecule has 0 unspecified atom stereocenters. The molecule has 0 saturated carbocycles. The quantitative estimate of drug-likeness (QED) is 0.358. The Bertz CT molecular complexity index is 1280. The Morgan fingerprint density at radius 3 is 1.97 bits per heavy atom. The van der Waals surface area contributed by atoms with Crippen molar-refractivity contribution in [2.24, 2.45) is 5.73 Å². The largest absolute Gasteiger partial charge is 0.433 e. The van der Waals surface area contributed by atoms with Gasteiger partial charge in [0.05, 0.1) is 5.57 Å². The number of rotatable bonds is 6. The van der Waals surface area contributed by atoms with Gasteiger partial charge in [-0.25, -0.2) is 24.6 Å². The highest BCUT2D eigenvalue weighted by atomic mass is 19.4. The highest BCUT2D eigenvalue weighted by Gasteiger charge is 2.39. The monoisotopic (exact) mass is 540 g/mol. The average molecular weight is 540 g/mol. The maximum Gasteiger partial charge on any atom is 0.433 e. The molecule has 0 saturated heterocycles. The number of primary amides is 1. The number of carbonyl (C=O) groups is 1. The van der Waals surface area contributed by atoms with Crippen LogP contribution in [0.5, 0.6) is 0 Å². The molecule has 18 heteroatoms. The molecule has 0 fully saturated rings. The van der Waals surface area contributed by atoms with E-state index in [4.69, 9.17) is 5.73 Å². The van der Waals surface area contributed by atoms with E-state index in [-0.39, 0.29) is 11.1 Å². The summed E-state index contributed by atoms with van der Waals surface area (Å²) in [5.41, 5.74) is 0.541. The SMILES string of the molecule is C[C@H](Nc1ncc(/C(=C\n2cnc(-c3cc(C(F)(F)F)nc(C(F)(F)F)c3)n2)C(N)=O)cn1)C(F)(F)F. The van der Waals surface area contributed by atoms with Gasteiger partial charge in [-0.3, -0.25) is 4.79 Å². The molecule has 3 aromatic heterocycles. The summed E-state index contributed by atoms with van der Waals surface area (Å²) in [7, 11) is 0. The molecule has 3 heterocycles. The molecule has 0 aliphatic rings. The number of anilines is 1. The van der Waals surface area contributed by atoms with Crippen molar-refractivity contribution in [2.75, 3.05) is 5.32 Å². The molecule has 0 bridgehead atoms. The van der Waals surface area contributed by atoms with Gasteiger partial charge in [0.25, 0.3) is 5.91 Å². The lowest BCUT2D eigenvalue weighted by molar-refractivity contribution is -0.150. The summed E-state index contributed by atoms with van der Waals surface area (Å²) in [6.45, 7) is 0.826. The minimum atomic E-state index is -5.20. The normalized spacial score (nSPS) is 13.9. The van der Waals surface area contributed by atoms with Crippen LogP contribution in [-0.2, 0) is 17.1 Å². The number of carbonyl (C=O) groups excluding carboxylic acids is 1. The minimum absolute atomic E-state index is 0.0858. The molecule has 198 valence electrons. The maximum atomic E-state index is 13.1. The van der Waals surface area contributed by atoms with Crippen molar-refractivity contribution in [1.29, 1.82) is 0 Å². The van der Waals surface area contributed by atoms with E-state index in [0.717, 1.165) is 36.5 Å². The van der Waals surface area contributed by atoms with Crippen molar-refractivity contribution in [3.8, 4) is 11.4 Å². The van der Waals surface area contributed by atoms with Crippen LogP contribution < -0.4 is 11.1 Å². The number of nitrogens with zero attached hydrogens (tertiary/aromatic N) is 6. The predicted octanol–water partition coefficient (Wildman–Crippen LogP) is 4.01. The Morgan fingerprint density at radius 1 is 0.973 bits per heavy atom. The molecule has 3 rings (SSSR count). The second-order valence-corrected chi connectivity index (χ2v) is 7.28. The van der Waals surface area contributed by atoms with Gasteiger partial charge < -0.3 is 11.1 Å². The standard InChI is InChI=1S/C19H13F9N8O/c1-8(17(20,21)22)33-16-30-4-10(5-31-16)11(14(29)37)6-36-7-32-15(35-36)9-2-12(18(23,24)25)34-13(3-9)19(26,27)28/h2-8H,1H3,(H2,29,37)(H,30,31,33)/b11-6+/t8-/m0/s1. The summed E-state index contributed by atoms with van der Waals surface area (Å²) in [5.74, 6) is -2.08. The molecule has 37 heavy (non-hydrogen) atoms. The fourth-order valence-corrected chi connectivity index (χ4v) is 2.65. The van der Waals surface area contributed by atoms with Crippen LogP contribution in [0.2, 0.25) is 0 Å². The summed E-state index contributed by atoms with van der Waals surface area (Å²) in [5, 5.41) is 5.74. The molecule has 0 spiro atoms. The third-order valence-corrected chi connectivity index (χ3v) is 4.50. The van der Waals surface area contributed by atoms with Gasteiger partial charge in [0.2, 0.25) is 5.95 Å². The number of halogens is 9. The molecule has 0 aromatic carbocycles. The van der Waals surface area contributed by atoms with Crippen LogP contribution in [0.4, 0.5) is 45.5 Å². The van der Waals surface area contributed by atoms with E-state index < -0.39 is 59.2 Å². The number of amides is 1. The fraction of sp³-hybridized carbons (Fsp3) is 0.263. The second-order valence-electron chi connectivity index (χ2n) is 7.28. The number of pyridine rings is 1. The van der Waals surface area contributed by atoms with Crippen molar-refractivity contribution < 1.29 is 44.3 Å². The molecule has 9 nitrogen and oxygen atoms in total. The van der Waals surface area contributed by atoms with Crippen LogP contribution in [0, 0.1) is 0 Å². The number of alkyl halides is 9. The van der Waals surface area contributed by atoms with E-state index >= 15 is 0 Å². The first-order valence-corrected chi connectivity index (χ1v) is 9.70. The van der Waals surface area contributed by atoms with Crippen molar-refractivity contribution in [1.82, 2.24) is 29.7 Å². The maximum absolute atomic E-state index is 13.1. The van der Waals surface area contributed by atoms with Gasteiger partial charge in [-0.1, -0.05) is 0 Å². The van der Waals surface area contributed by atoms with E-state index in [1.54, 1.807) is 0 Å². The summed E-state index contributed by atoms with van der Waals surface area (Å²) in [6, 6.07) is -1.36. The number of nitrogens with two attached hydrogens (primary N) is 1. The van der Waals surface area contributed by atoms with E-state index in [2.05, 4.69) is 25.0 Å². The third kappa shape index (κ3) is 6.70. The molecule has 3 N–H and O–H groups in total. The van der Waals surface area contributed by atoms with Gasteiger partial charge in [0.15, 0.2) is 5.82 Å². The molecule has 1 amide bonds. The van der Waals surface area contributed by atoms with Gasteiger partial charge in [-0.2, -0.15) is 39.5 Å². The van der Waals surface area contributed by atoms with Crippen LogP contribution in [0.3, 0.4) is 0 Å². The molecule has 3 aromatic rings. The molecular weight excluding hydrogens is 527 g/mol. The van der Waals surface area contributed by atoms with Gasteiger partial charge >= 0.3 is 18.5 Å². The molecule has 0 aliphatic carbocycles. The van der Waals surface area contributed by atoms with Crippen LogP contribution in [0.15, 0.2) is 30.9 Å². The fourth-order valence-electron chi connectivity index (χ4n) is 2.65. The topological polar surface area (TPSA) is 125 Å². The van der Waals surface area contributed by atoms with E-state index in [0.29, 0.717) is 12.1 Å². The van der Waals surface area contributed by atoms with Gasteiger partial charge in [0, 0.05) is 29.7 Å². The lowest BCUT2D eigenvalue weighted by Gasteiger charge is -2.16.